The monoisotopic (exact) mass is 299 g/mol. The van der Waals surface area contributed by atoms with Crippen molar-refractivity contribution in [1.29, 1.82) is 0 Å². The summed E-state index contributed by atoms with van der Waals surface area (Å²) in [6.07, 6.45) is 4.13. The minimum atomic E-state index is -0.816. The molecule has 0 spiro atoms. The van der Waals surface area contributed by atoms with Crippen LogP contribution in [-0.4, -0.2) is 23.2 Å². The molecule has 4 nitrogen and oxygen atoms in total. The highest BCUT2D eigenvalue weighted by Gasteiger charge is 2.48. The van der Waals surface area contributed by atoms with Gasteiger partial charge in [0, 0.05) is 11.6 Å². The second kappa shape index (κ2) is 5.59. The summed E-state index contributed by atoms with van der Waals surface area (Å²) in [4.78, 5) is 16.6. The summed E-state index contributed by atoms with van der Waals surface area (Å²) in [5.41, 5.74) is 2.45. The van der Waals surface area contributed by atoms with Gasteiger partial charge in [0.15, 0.2) is 0 Å². The van der Waals surface area contributed by atoms with E-state index in [4.69, 9.17) is 9.47 Å². The van der Waals surface area contributed by atoms with Gasteiger partial charge in [0.05, 0.1) is 12.1 Å². The van der Waals surface area contributed by atoms with Gasteiger partial charge in [-0.05, 0) is 69.4 Å². The number of aromatic nitrogens is 1. The largest absolute Gasteiger partial charge is 0.475 e. The highest BCUT2D eigenvalue weighted by atomic mass is 16.6. The summed E-state index contributed by atoms with van der Waals surface area (Å²) in [5.74, 6) is 0.455. The quantitative estimate of drug-likeness (QED) is 0.807. The summed E-state index contributed by atoms with van der Waals surface area (Å²) in [7, 11) is 0. The van der Waals surface area contributed by atoms with Crippen molar-refractivity contribution in [3.63, 3.8) is 0 Å². The number of esters is 1. The number of ether oxygens (including phenoxy) is 2. The maximum Gasteiger partial charge on any atom is 0.350 e. The van der Waals surface area contributed by atoms with Crippen LogP contribution in [0.4, 0.5) is 0 Å². The highest BCUT2D eigenvalue weighted by Crippen LogP contribution is 2.40. The second-order valence-corrected chi connectivity index (χ2v) is 5.93. The Labute approximate surface area is 130 Å². The Balaban J connectivity index is 2.00. The van der Waals surface area contributed by atoms with Crippen LogP contribution in [0.15, 0.2) is 24.4 Å². The topological polar surface area (TPSA) is 48.4 Å². The minimum Gasteiger partial charge on any atom is -0.475 e. The Kier molecular flexibility index (Phi) is 3.77. The van der Waals surface area contributed by atoms with Crippen LogP contribution in [0.1, 0.15) is 37.3 Å². The molecule has 0 unspecified atom stereocenters. The molecule has 0 radical (unpaired) electrons. The Hall–Kier alpha value is -2.10. The Bertz CT molecular complexity index is 720. The fraction of sp³-hybridized carbons (Fsp3) is 0.444. The lowest BCUT2D eigenvalue weighted by Gasteiger charge is -2.39. The van der Waals surface area contributed by atoms with Gasteiger partial charge in [-0.2, -0.15) is 0 Å². The summed E-state index contributed by atoms with van der Waals surface area (Å²) >= 11 is 0. The first kappa shape index (κ1) is 14.8. The van der Waals surface area contributed by atoms with Crippen molar-refractivity contribution < 1.29 is 14.3 Å². The molecule has 1 heterocycles. The van der Waals surface area contributed by atoms with Crippen LogP contribution in [0.5, 0.6) is 5.75 Å². The maximum atomic E-state index is 12.2. The lowest BCUT2D eigenvalue weighted by atomic mass is 9.80. The molecule has 1 saturated carbocycles. The van der Waals surface area contributed by atoms with Crippen LogP contribution in [0.25, 0.3) is 10.9 Å². The van der Waals surface area contributed by atoms with Gasteiger partial charge in [0.1, 0.15) is 5.75 Å². The van der Waals surface area contributed by atoms with Gasteiger partial charge in [-0.25, -0.2) is 4.79 Å². The van der Waals surface area contributed by atoms with Crippen LogP contribution < -0.4 is 4.74 Å². The molecule has 0 amide bonds. The van der Waals surface area contributed by atoms with Gasteiger partial charge >= 0.3 is 5.97 Å². The first-order chi connectivity index (χ1) is 10.6. The fourth-order valence-corrected chi connectivity index (χ4v) is 2.79. The van der Waals surface area contributed by atoms with E-state index in [1.807, 2.05) is 13.0 Å². The molecule has 22 heavy (non-hydrogen) atoms. The molecule has 1 fully saturated rings. The first-order valence-corrected chi connectivity index (χ1v) is 7.78. The number of pyridine rings is 1. The van der Waals surface area contributed by atoms with E-state index < -0.39 is 5.60 Å². The van der Waals surface area contributed by atoms with E-state index in [2.05, 4.69) is 31.0 Å². The molecule has 4 heteroatoms. The minimum absolute atomic E-state index is 0.255. The van der Waals surface area contributed by atoms with E-state index in [9.17, 15) is 4.79 Å². The average Bonchev–Trinajstić information content (AvgIpc) is 2.44. The van der Waals surface area contributed by atoms with Crippen LogP contribution in [0.3, 0.4) is 0 Å². The molecule has 0 atom stereocenters. The predicted molar refractivity (Wildman–Crippen MR) is 85.1 cm³/mol. The number of aryl methyl sites for hydroxylation is 2. The number of hydrogen-bond donors (Lipinski definition) is 0. The number of carbonyl (C=O) groups excluding carboxylic acids is 1. The Morgan fingerprint density at radius 3 is 2.64 bits per heavy atom. The van der Waals surface area contributed by atoms with Gasteiger partial charge in [-0.15, -0.1) is 0 Å². The lowest BCUT2D eigenvalue weighted by Crippen LogP contribution is -2.51. The fourth-order valence-electron chi connectivity index (χ4n) is 2.79. The summed E-state index contributed by atoms with van der Waals surface area (Å²) in [6.45, 7) is 6.32. The van der Waals surface area contributed by atoms with E-state index in [-0.39, 0.29) is 5.97 Å². The van der Waals surface area contributed by atoms with Crippen molar-refractivity contribution in [1.82, 2.24) is 4.98 Å². The summed E-state index contributed by atoms with van der Waals surface area (Å²) < 4.78 is 11.3. The van der Waals surface area contributed by atoms with Gasteiger partial charge in [-0.3, -0.25) is 4.98 Å². The van der Waals surface area contributed by atoms with Crippen molar-refractivity contribution in [2.75, 3.05) is 6.61 Å². The van der Waals surface area contributed by atoms with E-state index >= 15 is 0 Å². The van der Waals surface area contributed by atoms with Gasteiger partial charge in [0.25, 0.3) is 0 Å². The first-order valence-electron chi connectivity index (χ1n) is 7.78. The number of carbonyl (C=O) groups is 1. The molecule has 1 aromatic carbocycles. The highest BCUT2D eigenvalue weighted by molar-refractivity contribution is 5.87. The molecule has 1 aromatic heterocycles. The molecule has 2 aromatic rings. The lowest BCUT2D eigenvalue weighted by molar-refractivity contribution is -0.169. The van der Waals surface area contributed by atoms with Crippen LogP contribution in [-0.2, 0) is 9.53 Å². The van der Waals surface area contributed by atoms with Crippen molar-refractivity contribution in [2.45, 2.75) is 45.6 Å². The van der Waals surface area contributed by atoms with Crippen LogP contribution >= 0.6 is 0 Å². The van der Waals surface area contributed by atoms with Crippen molar-refractivity contribution in [3.8, 4) is 5.75 Å². The molecule has 0 saturated heterocycles. The molecule has 116 valence electrons. The van der Waals surface area contributed by atoms with Gasteiger partial charge in [-0.1, -0.05) is 0 Å². The Morgan fingerprint density at radius 2 is 2.00 bits per heavy atom. The molecule has 3 rings (SSSR count). The zero-order chi connectivity index (χ0) is 15.7. The Morgan fingerprint density at radius 1 is 1.27 bits per heavy atom. The van der Waals surface area contributed by atoms with E-state index in [1.165, 1.54) is 11.1 Å². The van der Waals surface area contributed by atoms with Crippen molar-refractivity contribution in [3.05, 3.63) is 35.5 Å². The second-order valence-electron chi connectivity index (χ2n) is 5.93. The standard InChI is InChI=1S/C18H21NO3/c1-4-21-17(20)18(7-5-8-18)22-16-6-9-19-15-11-13(3)12(2)10-14(15)16/h6,9-11H,4-5,7-8H2,1-3H3. The molecule has 1 aliphatic carbocycles. The smallest absolute Gasteiger partial charge is 0.350 e. The third-order valence-corrected chi connectivity index (χ3v) is 4.43. The number of hydrogen-bond acceptors (Lipinski definition) is 4. The molecule has 0 aliphatic heterocycles. The van der Waals surface area contributed by atoms with Crippen molar-refractivity contribution in [2.24, 2.45) is 0 Å². The van der Waals surface area contributed by atoms with Gasteiger partial charge < -0.3 is 9.47 Å². The predicted octanol–water partition coefficient (Wildman–Crippen LogP) is 3.72. The number of rotatable bonds is 4. The van der Waals surface area contributed by atoms with Gasteiger partial charge in [0.2, 0.25) is 5.60 Å². The number of nitrogens with zero attached hydrogens (tertiary/aromatic N) is 1. The third-order valence-electron chi connectivity index (χ3n) is 4.43. The maximum absolute atomic E-state index is 12.2. The summed E-state index contributed by atoms with van der Waals surface area (Å²) in [5, 5.41) is 0.946. The normalized spacial score (nSPS) is 16.1. The third kappa shape index (κ3) is 2.43. The molecular weight excluding hydrogens is 278 g/mol. The summed E-state index contributed by atoms with van der Waals surface area (Å²) in [6, 6.07) is 5.95. The number of fused-ring (bicyclic) bond motifs is 1. The molecule has 1 aliphatic rings. The van der Waals surface area contributed by atoms with E-state index in [0.29, 0.717) is 25.2 Å². The van der Waals surface area contributed by atoms with Crippen LogP contribution in [0, 0.1) is 13.8 Å². The van der Waals surface area contributed by atoms with E-state index in [1.54, 1.807) is 6.20 Å². The zero-order valence-electron chi connectivity index (χ0n) is 13.3. The van der Waals surface area contributed by atoms with Crippen LogP contribution in [0.2, 0.25) is 0 Å². The van der Waals surface area contributed by atoms with E-state index in [0.717, 1.165) is 17.3 Å². The number of benzene rings is 1. The molecule has 0 bridgehead atoms. The zero-order valence-corrected chi connectivity index (χ0v) is 13.3. The SMILES string of the molecule is CCOC(=O)C1(Oc2ccnc3cc(C)c(C)cc23)CCC1. The average molecular weight is 299 g/mol. The molecular formula is C18H21NO3. The van der Waals surface area contributed by atoms with Crippen molar-refractivity contribution >= 4 is 16.9 Å². The molecule has 0 N–H and O–H groups in total.